The maximum absolute atomic E-state index is 13.8. The minimum atomic E-state index is -0.548. The first-order chi connectivity index (χ1) is 17.6. The van der Waals surface area contributed by atoms with Crippen LogP contribution in [0.4, 0.5) is 0 Å². The number of benzene rings is 5. The molecule has 4 nitrogen and oxygen atoms in total. The third-order valence-electron chi connectivity index (χ3n) is 7.08. The highest BCUT2D eigenvalue weighted by Gasteiger charge is 2.22. The highest BCUT2D eigenvalue weighted by atomic mass is 127. The van der Waals surface area contributed by atoms with Gasteiger partial charge in [0.05, 0.1) is 10.8 Å². The lowest BCUT2D eigenvalue weighted by molar-refractivity contribution is 0.558. The van der Waals surface area contributed by atoms with E-state index in [0.29, 0.717) is 21.9 Å². The number of fused-ring (bicyclic) bond motifs is 12. The average Bonchev–Trinajstić information content (AvgIpc) is 2.92. The van der Waals surface area contributed by atoms with Crippen LogP contribution in [-0.2, 0) is 0 Å². The molecular weight excluding hydrogens is 563 g/mol. The van der Waals surface area contributed by atoms with Gasteiger partial charge >= 0.3 is 11.3 Å². The lowest BCUT2D eigenvalue weighted by Gasteiger charge is -2.13. The molecular formula is C31H17IO4. The normalized spacial score (nSPS) is 13.3. The Balaban J connectivity index is 1.94. The largest absolute Gasteiger partial charge is 0.422 e. The lowest BCUT2D eigenvalue weighted by atomic mass is 9.93. The molecule has 0 amide bonds. The summed E-state index contributed by atoms with van der Waals surface area (Å²) in [6, 6.07) is 23.6. The molecule has 0 aliphatic heterocycles. The molecule has 36 heavy (non-hydrogen) atoms. The molecule has 0 fully saturated rings. The molecule has 0 unspecified atom stereocenters. The van der Waals surface area contributed by atoms with E-state index in [1.165, 1.54) is 0 Å². The first kappa shape index (κ1) is 21.3. The average molecular weight is 580 g/mol. The Bertz CT molecular complexity index is 2330. The van der Waals surface area contributed by atoms with E-state index in [2.05, 4.69) is 22.6 Å². The first-order valence-electron chi connectivity index (χ1n) is 11.6. The van der Waals surface area contributed by atoms with E-state index in [-0.39, 0.29) is 10.8 Å². The smallest absolute Gasteiger partial charge is 0.345 e. The molecule has 0 N–H and O–H groups in total. The zero-order valence-corrected chi connectivity index (χ0v) is 21.3. The monoisotopic (exact) mass is 580 g/mol. The minimum Gasteiger partial charge on any atom is -0.422 e. The molecule has 172 valence electrons. The summed E-state index contributed by atoms with van der Waals surface area (Å²) in [5, 5.41) is 8.84. The highest BCUT2D eigenvalue weighted by molar-refractivity contribution is 14.1. The zero-order chi connectivity index (χ0) is 24.6. The van der Waals surface area contributed by atoms with Crippen LogP contribution in [0, 0.1) is 0 Å². The second-order valence-electron chi connectivity index (χ2n) is 8.80. The van der Waals surface area contributed by atoms with E-state index < -0.39 is 11.3 Å². The van der Waals surface area contributed by atoms with Crippen molar-refractivity contribution >= 4 is 97.8 Å². The molecule has 0 saturated heterocycles. The summed E-state index contributed by atoms with van der Waals surface area (Å²) in [7, 11) is 0. The number of hydrogen-bond donors (Lipinski definition) is 0. The summed E-state index contributed by atoms with van der Waals surface area (Å²) in [6.07, 6.45) is 2.00. The highest BCUT2D eigenvalue weighted by Crippen LogP contribution is 2.38. The summed E-state index contributed by atoms with van der Waals surface area (Å²) in [4.78, 5) is 27.5. The van der Waals surface area contributed by atoms with Crippen molar-refractivity contribution in [3.63, 3.8) is 0 Å². The van der Waals surface area contributed by atoms with Gasteiger partial charge in [0.2, 0.25) is 0 Å². The molecule has 0 aliphatic rings. The molecule has 7 rings (SSSR count). The summed E-state index contributed by atoms with van der Waals surface area (Å²) < 4.78 is 14.1. The van der Waals surface area contributed by atoms with Crippen molar-refractivity contribution in [2.75, 3.05) is 0 Å². The molecule has 0 aliphatic carbocycles. The van der Waals surface area contributed by atoms with Crippen molar-refractivity contribution in [2.24, 2.45) is 0 Å². The van der Waals surface area contributed by atoms with Crippen molar-refractivity contribution in [2.45, 2.75) is 6.92 Å². The molecule has 0 spiro atoms. The van der Waals surface area contributed by atoms with Gasteiger partial charge in [0.25, 0.3) is 0 Å². The van der Waals surface area contributed by atoms with E-state index in [1.54, 1.807) is 0 Å². The van der Waals surface area contributed by atoms with E-state index >= 15 is 0 Å². The predicted octanol–water partition coefficient (Wildman–Crippen LogP) is 6.49. The Morgan fingerprint density at radius 3 is 1.58 bits per heavy atom. The third kappa shape index (κ3) is 2.69. The fourth-order valence-electron chi connectivity index (χ4n) is 5.64. The maximum Gasteiger partial charge on any atom is 0.345 e. The molecule has 5 heteroatoms. The van der Waals surface area contributed by atoms with Crippen LogP contribution in [0.2, 0.25) is 0 Å². The van der Waals surface area contributed by atoms with Crippen LogP contribution in [0.25, 0.3) is 75.2 Å². The van der Waals surface area contributed by atoms with Crippen molar-refractivity contribution in [3.05, 3.63) is 104 Å². The fourth-order valence-corrected chi connectivity index (χ4v) is 6.26. The van der Waals surface area contributed by atoms with Gasteiger partial charge in [0.15, 0.2) is 0 Å². The van der Waals surface area contributed by atoms with Crippen LogP contribution in [0.5, 0.6) is 0 Å². The Hall–Kier alpha value is -3.97. The summed E-state index contributed by atoms with van der Waals surface area (Å²) in [5.74, 6) is 0. The number of halogens is 1. The maximum atomic E-state index is 13.8. The Kier molecular flexibility index (Phi) is 4.60. The Labute approximate surface area is 216 Å². The van der Waals surface area contributed by atoms with Gasteiger partial charge in [-0.2, -0.15) is 0 Å². The van der Waals surface area contributed by atoms with Gasteiger partial charge < -0.3 is 8.83 Å². The molecule has 0 saturated carbocycles. The minimum absolute atomic E-state index is 0.257. The van der Waals surface area contributed by atoms with Gasteiger partial charge in [-0.25, -0.2) is 9.59 Å². The van der Waals surface area contributed by atoms with E-state index in [9.17, 15) is 9.59 Å². The standard InChI is InChI=1S/C31H17IO4/c1-2-16-17-9-3-6-12-20(17)25-27-26(31(34)36-29(25)23(16)15-32)24-21-13-7-4-10-18(21)19-11-5-8-14-22(19)28(24)35-30(27)33/h2-15H,1H3/b16-2-,23-15+. The number of hydrogen-bond acceptors (Lipinski definition) is 4. The molecule has 0 atom stereocenters. The number of rotatable bonds is 0. The van der Waals surface area contributed by atoms with E-state index in [1.807, 2.05) is 89.9 Å². The van der Waals surface area contributed by atoms with E-state index in [0.717, 1.165) is 42.8 Å². The van der Waals surface area contributed by atoms with Crippen LogP contribution in [-0.4, -0.2) is 0 Å². The predicted molar refractivity (Wildman–Crippen MR) is 156 cm³/mol. The molecule has 2 aromatic heterocycles. The second kappa shape index (κ2) is 7.77. The summed E-state index contributed by atoms with van der Waals surface area (Å²) in [5.41, 5.74) is -0.302. The Morgan fingerprint density at radius 1 is 0.556 bits per heavy atom. The molecule has 0 radical (unpaired) electrons. The SMILES string of the molecule is C/C=c1\c(=C/I)c2oc(=O)c3c(c(=O)oc4c5ccccc5c5ccccc5c43)c2c2ccccc12. The van der Waals surface area contributed by atoms with Gasteiger partial charge in [0.1, 0.15) is 11.2 Å². The van der Waals surface area contributed by atoms with Crippen molar-refractivity contribution in [1.29, 1.82) is 0 Å². The lowest BCUT2D eigenvalue weighted by Crippen LogP contribution is -2.27. The van der Waals surface area contributed by atoms with Crippen LogP contribution >= 0.6 is 22.6 Å². The first-order valence-corrected chi connectivity index (χ1v) is 12.8. The summed E-state index contributed by atoms with van der Waals surface area (Å²) >= 11 is 2.15. The van der Waals surface area contributed by atoms with Gasteiger partial charge in [-0.1, -0.05) is 101 Å². The van der Waals surface area contributed by atoms with E-state index in [4.69, 9.17) is 8.83 Å². The zero-order valence-electron chi connectivity index (χ0n) is 19.1. The van der Waals surface area contributed by atoms with Crippen molar-refractivity contribution in [3.8, 4) is 0 Å². The third-order valence-corrected chi connectivity index (χ3v) is 7.70. The summed E-state index contributed by atoms with van der Waals surface area (Å²) in [6.45, 7) is 1.95. The second-order valence-corrected chi connectivity index (χ2v) is 9.42. The Morgan fingerprint density at radius 2 is 1.00 bits per heavy atom. The molecule has 7 aromatic rings. The molecule has 5 aromatic carbocycles. The topological polar surface area (TPSA) is 60.4 Å². The molecule has 2 heterocycles. The van der Waals surface area contributed by atoms with Crippen molar-refractivity contribution < 1.29 is 8.83 Å². The van der Waals surface area contributed by atoms with Crippen LogP contribution < -0.4 is 21.7 Å². The molecule has 0 bridgehead atoms. The van der Waals surface area contributed by atoms with Gasteiger partial charge in [-0.05, 0) is 43.2 Å². The fraction of sp³-hybridized carbons (Fsp3) is 0.0323. The van der Waals surface area contributed by atoms with Crippen LogP contribution in [0.1, 0.15) is 6.92 Å². The van der Waals surface area contributed by atoms with Crippen LogP contribution in [0.3, 0.4) is 0 Å². The quantitative estimate of drug-likeness (QED) is 0.117. The van der Waals surface area contributed by atoms with Gasteiger partial charge in [0, 0.05) is 21.4 Å². The van der Waals surface area contributed by atoms with Crippen LogP contribution in [0.15, 0.2) is 91.2 Å². The van der Waals surface area contributed by atoms with Gasteiger partial charge in [-0.15, -0.1) is 0 Å². The van der Waals surface area contributed by atoms with Gasteiger partial charge in [-0.3, -0.25) is 0 Å². The van der Waals surface area contributed by atoms with Crippen molar-refractivity contribution in [1.82, 2.24) is 0 Å².